The molecule has 2 fully saturated rings. The molecular formula is C14H27NO2. The first-order chi connectivity index (χ1) is 8.26. The van der Waals surface area contributed by atoms with Crippen molar-refractivity contribution < 1.29 is 9.47 Å². The van der Waals surface area contributed by atoms with Crippen LogP contribution in [0.5, 0.6) is 0 Å². The van der Waals surface area contributed by atoms with Gasteiger partial charge in [0.2, 0.25) is 0 Å². The summed E-state index contributed by atoms with van der Waals surface area (Å²) in [6.07, 6.45) is 6.72. The van der Waals surface area contributed by atoms with Gasteiger partial charge < -0.3 is 14.8 Å². The maximum Gasteiger partial charge on any atom is 0.0809 e. The molecule has 3 heteroatoms. The van der Waals surface area contributed by atoms with E-state index in [1.165, 1.54) is 25.7 Å². The SMILES string of the molecule is CCC1(CC)C(NC)CC1OCC1CCCO1. The number of nitrogens with one attached hydrogen (secondary N) is 1. The van der Waals surface area contributed by atoms with Crippen LogP contribution in [0, 0.1) is 5.41 Å². The minimum atomic E-state index is 0.355. The molecule has 0 radical (unpaired) electrons. The molecule has 1 heterocycles. The van der Waals surface area contributed by atoms with Gasteiger partial charge in [-0.25, -0.2) is 0 Å². The van der Waals surface area contributed by atoms with Crippen molar-refractivity contribution >= 4 is 0 Å². The fourth-order valence-corrected chi connectivity index (χ4v) is 3.58. The molecule has 3 atom stereocenters. The van der Waals surface area contributed by atoms with E-state index in [1.54, 1.807) is 0 Å². The molecule has 3 nitrogen and oxygen atoms in total. The lowest BCUT2D eigenvalue weighted by atomic mass is 9.58. The molecule has 2 aliphatic rings. The van der Waals surface area contributed by atoms with Crippen LogP contribution in [0.3, 0.4) is 0 Å². The Morgan fingerprint density at radius 3 is 2.65 bits per heavy atom. The molecule has 0 bridgehead atoms. The zero-order valence-corrected chi connectivity index (χ0v) is 11.5. The fourth-order valence-electron chi connectivity index (χ4n) is 3.58. The third-order valence-corrected chi connectivity index (χ3v) is 4.96. The summed E-state index contributed by atoms with van der Waals surface area (Å²) in [5.41, 5.74) is 0.355. The Kier molecular flexibility index (Phi) is 4.45. The molecule has 0 aromatic carbocycles. The predicted octanol–water partition coefficient (Wildman–Crippen LogP) is 2.35. The lowest BCUT2D eigenvalue weighted by Gasteiger charge is -2.55. The average molecular weight is 241 g/mol. The minimum Gasteiger partial charge on any atom is -0.376 e. The van der Waals surface area contributed by atoms with Crippen molar-refractivity contribution in [3.05, 3.63) is 0 Å². The summed E-state index contributed by atoms with van der Waals surface area (Å²) >= 11 is 0. The van der Waals surface area contributed by atoms with Gasteiger partial charge in [0.15, 0.2) is 0 Å². The van der Waals surface area contributed by atoms with E-state index in [4.69, 9.17) is 9.47 Å². The molecule has 1 saturated carbocycles. The van der Waals surface area contributed by atoms with Gasteiger partial charge in [-0.15, -0.1) is 0 Å². The lowest BCUT2D eigenvalue weighted by Crippen LogP contribution is -2.62. The molecule has 100 valence electrons. The average Bonchev–Trinajstić information content (AvgIpc) is 2.83. The Hall–Kier alpha value is -0.120. The number of hydrogen-bond donors (Lipinski definition) is 1. The van der Waals surface area contributed by atoms with E-state index in [-0.39, 0.29) is 0 Å². The van der Waals surface area contributed by atoms with Gasteiger partial charge in [0.25, 0.3) is 0 Å². The van der Waals surface area contributed by atoms with Crippen molar-refractivity contribution in [2.75, 3.05) is 20.3 Å². The van der Waals surface area contributed by atoms with Crippen LogP contribution in [0.25, 0.3) is 0 Å². The monoisotopic (exact) mass is 241 g/mol. The second-order valence-corrected chi connectivity index (χ2v) is 5.47. The normalized spacial score (nSPS) is 35.8. The summed E-state index contributed by atoms with van der Waals surface area (Å²) in [7, 11) is 2.07. The van der Waals surface area contributed by atoms with Crippen LogP contribution in [-0.2, 0) is 9.47 Å². The maximum absolute atomic E-state index is 6.13. The van der Waals surface area contributed by atoms with E-state index in [1.807, 2.05) is 0 Å². The van der Waals surface area contributed by atoms with Crippen molar-refractivity contribution in [1.29, 1.82) is 0 Å². The standard InChI is InChI=1S/C14H27NO2/c1-4-14(5-2)12(15-3)9-13(14)17-10-11-7-6-8-16-11/h11-13,15H,4-10H2,1-3H3. The van der Waals surface area contributed by atoms with Gasteiger partial charge in [-0.1, -0.05) is 13.8 Å². The molecular weight excluding hydrogens is 214 g/mol. The van der Waals surface area contributed by atoms with Crippen molar-refractivity contribution in [2.45, 2.75) is 64.2 Å². The van der Waals surface area contributed by atoms with Crippen LogP contribution in [0.4, 0.5) is 0 Å². The first-order valence-electron chi connectivity index (χ1n) is 7.17. The predicted molar refractivity (Wildman–Crippen MR) is 69.2 cm³/mol. The van der Waals surface area contributed by atoms with Crippen LogP contribution >= 0.6 is 0 Å². The summed E-state index contributed by atoms with van der Waals surface area (Å²) in [5, 5.41) is 3.44. The van der Waals surface area contributed by atoms with E-state index in [0.717, 1.165) is 19.6 Å². The number of hydrogen-bond acceptors (Lipinski definition) is 3. The highest BCUT2D eigenvalue weighted by atomic mass is 16.5. The largest absolute Gasteiger partial charge is 0.376 e. The van der Waals surface area contributed by atoms with Crippen molar-refractivity contribution in [3.8, 4) is 0 Å². The van der Waals surface area contributed by atoms with Gasteiger partial charge in [-0.05, 0) is 39.2 Å². The summed E-state index contributed by atoms with van der Waals surface area (Å²) in [6, 6.07) is 0.631. The Morgan fingerprint density at radius 1 is 1.35 bits per heavy atom. The molecule has 1 N–H and O–H groups in total. The molecule has 17 heavy (non-hydrogen) atoms. The molecule has 1 aliphatic heterocycles. The van der Waals surface area contributed by atoms with Crippen molar-refractivity contribution in [1.82, 2.24) is 5.32 Å². The fraction of sp³-hybridized carbons (Fsp3) is 1.00. The summed E-state index contributed by atoms with van der Waals surface area (Å²) < 4.78 is 11.7. The van der Waals surface area contributed by atoms with E-state index in [9.17, 15) is 0 Å². The molecule has 2 rings (SSSR count). The maximum atomic E-state index is 6.13. The van der Waals surface area contributed by atoms with Crippen LogP contribution in [0.1, 0.15) is 46.0 Å². The quantitative estimate of drug-likeness (QED) is 0.774. The van der Waals surface area contributed by atoms with E-state index >= 15 is 0 Å². The van der Waals surface area contributed by atoms with Crippen LogP contribution in [-0.4, -0.2) is 38.5 Å². The zero-order valence-electron chi connectivity index (χ0n) is 11.5. The van der Waals surface area contributed by atoms with E-state index in [2.05, 4.69) is 26.2 Å². The Morgan fingerprint density at radius 2 is 2.12 bits per heavy atom. The van der Waals surface area contributed by atoms with Gasteiger partial charge in [0.05, 0.1) is 18.8 Å². The number of ether oxygens (including phenoxy) is 2. The second-order valence-electron chi connectivity index (χ2n) is 5.47. The molecule has 0 amide bonds. The lowest BCUT2D eigenvalue weighted by molar-refractivity contribution is -0.154. The second kappa shape index (κ2) is 5.68. The van der Waals surface area contributed by atoms with Gasteiger partial charge in [-0.2, -0.15) is 0 Å². The summed E-state index contributed by atoms with van der Waals surface area (Å²) in [5.74, 6) is 0. The Labute approximate surface area is 105 Å². The minimum absolute atomic E-state index is 0.355. The highest BCUT2D eigenvalue weighted by Gasteiger charge is 2.52. The van der Waals surface area contributed by atoms with Gasteiger partial charge >= 0.3 is 0 Å². The first-order valence-corrected chi connectivity index (χ1v) is 7.17. The number of rotatable bonds is 6. The van der Waals surface area contributed by atoms with Gasteiger partial charge in [0, 0.05) is 18.1 Å². The molecule has 0 aromatic heterocycles. The zero-order chi connectivity index (χ0) is 12.3. The van der Waals surface area contributed by atoms with Gasteiger partial charge in [0.1, 0.15) is 0 Å². The van der Waals surface area contributed by atoms with Crippen molar-refractivity contribution in [3.63, 3.8) is 0 Å². The topological polar surface area (TPSA) is 30.5 Å². The first kappa shape index (κ1) is 13.3. The summed E-state index contributed by atoms with van der Waals surface area (Å²) in [6.45, 7) is 6.29. The Balaban J connectivity index is 1.84. The third kappa shape index (κ3) is 2.38. The molecule has 1 aliphatic carbocycles. The molecule has 0 aromatic rings. The Bertz CT molecular complexity index is 234. The summed E-state index contributed by atoms with van der Waals surface area (Å²) in [4.78, 5) is 0. The van der Waals surface area contributed by atoms with Crippen molar-refractivity contribution in [2.24, 2.45) is 5.41 Å². The van der Waals surface area contributed by atoms with Gasteiger partial charge in [-0.3, -0.25) is 0 Å². The van der Waals surface area contributed by atoms with E-state index in [0.29, 0.717) is 23.7 Å². The molecule has 0 spiro atoms. The van der Waals surface area contributed by atoms with Crippen LogP contribution in [0.2, 0.25) is 0 Å². The smallest absolute Gasteiger partial charge is 0.0809 e. The molecule has 3 unspecified atom stereocenters. The third-order valence-electron chi connectivity index (χ3n) is 4.96. The van der Waals surface area contributed by atoms with Crippen LogP contribution < -0.4 is 5.32 Å². The highest BCUT2D eigenvalue weighted by Crippen LogP contribution is 2.48. The van der Waals surface area contributed by atoms with Crippen LogP contribution in [0.15, 0.2) is 0 Å². The van der Waals surface area contributed by atoms with E-state index < -0.39 is 0 Å². The molecule has 1 saturated heterocycles. The highest BCUT2D eigenvalue weighted by molar-refractivity contribution is 5.06.